The predicted octanol–water partition coefficient (Wildman–Crippen LogP) is 5.69. The molecule has 156 valence electrons. The van der Waals surface area contributed by atoms with Crippen LogP contribution >= 0.6 is 0 Å². The van der Waals surface area contributed by atoms with Gasteiger partial charge in [-0.25, -0.2) is 0 Å². The normalized spacial score (nSPS) is 14.7. The number of alkyl halides is 3. The van der Waals surface area contributed by atoms with Gasteiger partial charge in [0, 0.05) is 28.8 Å². The van der Waals surface area contributed by atoms with Crippen molar-refractivity contribution < 1.29 is 22.8 Å². The molecule has 0 spiro atoms. The predicted molar refractivity (Wildman–Crippen MR) is 107 cm³/mol. The first-order valence-electron chi connectivity index (χ1n) is 9.08. The van der Waals surface area contributed by atoms with Gasteiger partial charge in [0.15, 0.2) is 0 Å². The molecule has 2 N–H and O–H groups in total. The van der Waals surface area contributed by atoms with Gasteiger partial charge in [-0.05, 0) is 29.7 Å². The zero-order chi connectivity index (χ0) is 22.5. The Morgan fingerprint density at radius 2 is 1.84 bits per heavy atom. The van der Waals surface area contributed by atoms with Gasteiger partial charge >= 0.3 is 6.18 Å². The number of nitrogens with zero attached hydrogens (tertiary/aromatic N) is 2. The first-order chi connectivity index (χ1) is 14.6. The van der Waals surface area contributed by atoms with E-state index < -0.39 is 22.8 Å². The molecule has 0 aromatic heterocycles. The fraction of sp³-hybridized carbons (Fsp3) is 0.136. The molecule has 1 atom stereocenters. The molecule has 1 unspecified atom stereocenters. The second kappa shape index (κ2) is 7.02. The van der Waals surface area contributed by atoms with Crippen LogP contribution in [0.1, 0.15) is 22.8 Å². The van der Waals surface area contributed by atoms with E-state index in [1.165, 1.54) is 0 Å². The Bertz CT molecular complexity index is 1270. The van der Waals surface area contributed by atoms with Crippen molar-refractivity contribution >= 4 is 11.4 Å². The van der Waals surface area contributed by atoms with E-state index in [0.29, 0.717) is 16.7 Å². The summed E-state index contributed by atoms with van der Waals surface area (Å²) in [5.41, 5.74) is 6.48. The van der Waals surface area contributed by atoms with Gasteiger partial charge in [0.1, 0.15) is 11.8 Å². The first kappa shape index (κ1) is 20.2. The lowest BCUT2D eigenvalue weighted by Gasteiger charge is -2.33. The lowest BCUT2D eigenvalue weighted by molar-refractivity contribution is -0.384. The van der Waals surface area contributed by atoms with E-state index in [-0.39, 0.29) is 33.8 Å². The molecule has 0 bridgehead atoms. The Morgan fingerprint density at radius 1 is 1.16 bits per heavy atom. The van der Waals surface area contributed by atoms with Gasteiger partial charge in [0.05, 0.1) is 16.2 Å². The topological polar surface area (TPSA) is 102 Å². The van der Waals surface area contributed by atoms with Crippen LogP contribution in [-0.2, 0) is 0 Å². The van der Waals surface area contributed by atoms with Crippen LogP contribution in [0, 0.1) is 28.4 Å². The number of non-ortho nitro benzene ring substituents is 1. The highest BCUT2D eigenvalue weighted by Gasteiger charge is 2.49. The fourth-order valence-electron chi connectivity index (χ4n) is 3.97. The second-order valence-corrected chi connectivity index (χ2v) is 7.03. The maximum atomic E-state index is 13.9. The van der Waals surface area contributed by atoms with Gasteiger partial charge in [0.25, 0.3) is 5.69 Å². The summed E-state index contributed by atoms with van der Waals surface area (Å²) in [6.45, 7) is 1.57. The Hall–Kier alpha value is -4.06. The van der Waals surface area contributed by atoms with Crippen LogP contribution in [0.15, 0.2) is 48.5 Å². The molecule has 3 aromatic rings. The molecule has 6 nitrogen and oxygen atoms in total. The Kier molecular flexibility index (Phi) is 4.58. The highest BCUT2D eigenvalue weighted by molar-refractivity contribution is 5.93. The molecule has 0 saturated carbocycles. The molecular formula is C22H14F3N3O3. The lowest BCUT2D eigenvalue weighted by Crippen LogP contribution is -2.30. The van der Waals surface area contributed by atoms with E-state index in [9.17, 15) is 28.5 Å². The molecular weight excluding hydrogens is 411 g/mol. The lowest BCUT2D eigenvalue weighted by atomic mass is 9.81. The van der Waals surface area contributed by atoms with Gasteiger partial charge in [-0.3, -0.25) is 10.1 Å². The van der Waals surface area contributed by atoms with Crippen molar-refractivity contribution in [2.75, 3.05) is 5.73 Å². The number of nitrogen functional groups attached to an aromatic ring is 1. The quantitative estimate of drug-likeness (QED) is 0.323. The third-order valence-corrected chi connectivity index (χ3v) is 5.25. The molecule has 0 fully saturated rings. The molecule has 0 radical (unpaired) electrons. The number of nitro groups is 1. The Morgan fingerprint density at radius 3 is 2.42 bits per heavy atom. The number of fused-ring (bicyclic) bond motifs is 3. The summed E-state index contributed by atoms with van der Waals surface area (Å²) in [5, 5.41) is 21.0. The molecule has 1 aliphatic heterocycles. The van der Waals surface area contributed by atoms with Crippen LogP contribution in [0.25, 0.3) is 22.3 Å². The number of anilines is 1. The Labute approximate surface area is 174 Å². The molecule has 0 aliphatic carbocycles. The minimum atomic E-state index is -4.82. The van der Waals surface area contributed by atoms with Crippen molar-refractivity contribution in [1.82, 2.24) is 0 Å². The minimum absolute atomic E-state index is 0.0858. The van der Waals surface area contributed by atoms with Crippen LogP contribution in [0.5, 0.6) is 5.75 Å². The number of benzene rings is 3. The second-order valence-electron chi connectivity index (χ2n) is 7.03. The number of nitro benzene ring substituents is 1. The molecule has 1 aliphatic rings. The summed E-state index contributed by atoms with van der Waals surface area (Å²) >= 11 is 0. The summed E-state index contributed by atoms with van der Waals surface area (Å²) in [6, 6.07) is 14.0. The van der Waals surface area contributed by atoms with E-state index in [2.05, 4.69) is 0 Å². The smallest absolute Gasteiger partial charge is 0.429 e. The highest BCUT2D eigenvalue weighted by Crippen LogP contribution is 2.54. The van der Waals surface area contributed by atoms with Crippen molar-refractivity contribution in [3.05, 3.63) is 75.3 Å². The zero-order valence-electron chi connectivity index (χ0n) is 16.0. The van der Waals surface area contributed by atoms with E-state index in [1.807, 2.05) is 6.07 Å². The SMILES string of the molecule is Cc1c(-c2ccccc2)c(C#N)c(N)c2c1-c1cc([N+](=O)[O-])ccc1OC2C(F)(F)F. The molecule has 3 aromatic carbocycles. The molecule has 9 heteroatoms. The average Bonchev–Trinajstić information content (AvgIpc) is 2.74. The third-order valence-electron chi connectivity index (χ3n) is 5.25. The minimum Gasteiger partial charge on any atom is -0.475 e. The van der Waals surface area contributed by atoms with Crippen LogP contribution < -0.4 is 10.5 Å². The van der Waals surface area contributed by atoms with E-state index in [4.69, 9.17) is 10.5 Å². The first-order valence-corrected chi connectivity index (χ1v) is 9.08. The number of halogens is 3. The van der Waals surface area contributed by atoms with Crippen molar-refractivity contribution in [3.63, 3.8) is 0 Å². The summed E-state index contributed by atoms with van der Waals surface area (Å²) in [6.07, 6.45) is -7.23. The van der Waals surface area contributed by atoms with E-state index >= 15 is 0 Å². The number of hydrogen-bond acceptors (Lipinski definition) is 5. The number of rotatable bonds is 2. The van der Waals surface area contributed by atoms with Gasteiger partial charge in [-0.2, -0.15) is 18.4 Å². The van der Waals surface area contributed by atoms with E-state index in [1.54, 1.807) is 37.3 Å². The monoisotopic (exact) mass is 425 g/mol. The van der Waals surface area contributed by atoms with E-state index in [0.717, 1.165) is 18.2 Å². The number of hydrogen-bond donors (Lipinski definition) is 1. The standard InChI is InChI=1S/C22H14F3N3O3/c1-11-17(12-5-3-2-4-6-12)15(10-26)20(27)19-18(11)14-9-13(28(29)30)7-8-16(14)31-21(19)22(23,24)25/h2-9,21H,27H2,1H3. The van der Waals surface area contributed by atoms with Crippen LogP contribution in [0.4, 0.5) is 24.5 Å². The van der Waals surface area contributed by atoms with Crippen molar-refractivity contribution in [2.45, 2.75) is 19.2 Å². The molecule has 0 amide bonds. The van der Waals surface area contributed by atoms with Gasteiger partial charge in [-0.15, -0.1) is 0 Å². The molecule has 31 heavy (non-hydrogen) atoms. The summed E-state index contributed by atoms with van der Waals surface area (Å²) in [4.78, 5) is 10.6. The molecule has 0 saturated heterocycles. The third kappa shape index (κ3) is 3.13. The molecule has 1 heterocycles. The number of nitrogens with two attached hydrogens (primary N) is 1. The maximum absolute atomic E-state index is 13.9. The highest BCUT2D eigenvalue weighted by atomic mass is 19.4. The van der Waals surface area contributed by atoms with Crippen LogP contribution in [0.2, 0.25) is 0 Å². The van der Waals surface area contributed by atoms with Crippen LogP contribution in [-0.4, -0.2) is 11.1 Å². The van der Waals surface area contributed by atoms with Gasteiger partial charge in [-0.1, -0.05) is 30.3 Å². The van der Waals surface area contributed by atoms with Gasteiger partial charge in [0.2, 0.25) is 6.10 Å². The largest absolute Gasteiger partial charge is 0.475 e. The average molecular weight is 425 g/mol. The van der Waals surface area contributed by atoms with Crippen molar-refractivity contribution in [2.24, 2.45) is 0 Å². The fourth-order valence-corrected chi connectivity index (χ4v) is 3.97. The van der Waals surface area contributed by atoms with Crippen molar-refractivity contribution in [3.8, 4) is 34.1 Å². The summed E-state index contributed by atoms with van der Waals surface area (Å²) < 4.78 is 47.0. The molecule has 4 rings (SSSR count). The Balaban J connectivity index is 2.17. The van der Waals surface area contributed by atoms with Crippen molar-refractivity contribution in [1.29, 1.82) is 5.26 Å². The van der Waals surface area contributed by atoms with Gasteiger partial charge < -0.3 is 10.5 Å². The number of ether oxygens (including phenoxy) is 1. The summed E-state index contributed by atoms with van der Waals surface area (Å²) in [7, 11) is 0. The summed E-state index contributed by atoms with van der Waals surface area (Å²) in [5.74, 6) is -0.147. The maximum Gasteiger partial charge on any atom is 0.429 e. The zero-order valence-corrected chi connectivity index (χ0v) is 16.0. The van der Waals surface area contributed by atoms with Crippen LogP contribution in [0.3, 0.4) is 0 Å². The number of nitriles is 1.